The number of hydrogen-bond donors (Lipinski definition) is 0. The van der Waals surface area contributed by atoms with Crippen molar-refractivity contribution in [2.75, 3.05) is 14.7 Å². The molecule has 13 aromatic rings. The number of para-hydroxylation sites is 6. The zero-order chi connectivity index (χ0) is 57.5. The van der Waals surface area contributed by atoms with Gasteiger partial charge >= 0.3 is 0 Å². The molecule has 3 spiro atoms. The fraction of sp³-hybridized carbons (Fsp3) is 0.0714. The summed E-state index contributed by atoms with van der Waals surface area (Å²) in [4.78, 5) is 7.99. The molecule has 13 aromatic carbocycles. The Kier molecular flexibility index (Phi) is 9.75. The molecule has 0 N–H and O–H groups in total. The predicted molar refractivity (Wildman–Crippen MR) is 357 cm³/mol. The van der Waals surface area contributed by atoms with Crippen LogP contribution in [0.5, 0.6) is 0 Å². The van der Waals surface area contributed by atoms with E-state index in [1.54, 1.807) is 0 Å². The largest absolute Gasteiger partial charge is 0.309 e. The zero-order valence-corrected chi connectivity index (χ0v) is 48.6. The summed E-state index contributed by atoms with van der Waals surface area (Å²) in [6.07, 6.45) is 0. The summed E-state index contributed by atoms with van der Waals surface area (Å²) in [5.41, 5.74) is 35.7. The lowest BCUT2D eigenvalue weighted by atomic mass is 9.64. The molecule has 3 heterocycles. The summed E-state index contributed by atoms with van der Waals surface area (Å²) in [5.74, 6) is 0. The molecular formula is C84H57N3. The minimum atomic E-state index is -0.574. The van der Waals surface area contributed by atoms with Gasteiger partial charge in [0.05, 0.1) is 67.4 Å². The van der Waals surface area contributed by atoms with Crippen LogP contribution in [0.25, 0.3) is 33.4 Å². The monoisotopic (exact) mass is 1110 g/mol. The number of fused-ring (bicyclic) bond motifs is 27. The molecule has 408 valence electrons. The average Bonchev–Trinajstić information content (AvgIpc) is 1.37. The Balaban J connectivity index is 0.947. The van der Waals surface area contributed by atoms with Gasteiger partial charge in [0.25, 0.3) is 0 Å². The third kappa shape index (κ3) is 5.74. The van der Waals surface area contributed by atoms with Crippen molar-refractivity contribution in [1.82, 2.24) is 0 Å². The molecule has 0 fully saturated rings. The summed E-state index contributed by atoms with van der Waals surface area (Å²) in [5, 5.41) is 0. The predicted octanol–water partition coefficient (Wildman–Crippen LogP) is 21.1. The third-order valence-electron chi connectivity index (χ3n) is 21.0. The van der Waals surface area contributed by atoms with E-state index < -0.39 is 16.2 Å². The van der Waals surface area contributed by atoms with Crippen molar-refractivity contribution in [2.45, 2.75) is 37.0 Å². The van der Waals surface area contributed by atoms with E-state index in [1.807, 2.05) is 0 Å². The number of nitrogens with zero attached hydrogens (tertiary/aromatic N) is 3. The van der Waals surface area contributed by atoms with E-state index >= 15 is 0 Å². The Morgan fingerprint density at radius 1 is 0.172 bits per heavy atom. The Morgan fingerprint density at radius 3 is 0.483 bits per heavy atom. The SMILES string of the molecule is Cc1c(N2c3ccccc3C3(c4ccccc4-c4ccccc43)c3ccccc32)c(C)c(N2c3ccccc3C3(c4ccccc4-c4ccccc43)c3ccccc32)c(C)c1N1c2ccccc2C2(c3ccccc3-c3ccccc32)c2ccccc21. The summed E-state index contributed by atoms with van der Waals surface area (Å²) < 4.78 is 0. The van der Waals surface area contributed by atoms with Crippen molar-refractivity contribution in [1.29, 1.82) is 0 Å². The minimum Gasteiger partial charge on any atom is -0.309 e. The van der Waals surface area contributed by atoms with Crippen LogP contribution in [0.15, 0.2) is 291 Å². The standard InChI is InChI=1S/C84H57N3/c1-52-79(85-73-46-22-16-40-67(73)82(68-41-17-23-47-74(68)85)61-34-10-4-28-55(61)56-29-5-11-35-62(56)82)53(2)81(87-77-50-26-20-44-71(77)84(72-45-21-27-51-78(72)87)65-38-14-8-32-59(65)60-33-9-15-39-66(60)84)54(3)80(52)86-75-48-24-18-42-69(75)83(70-43-19-25-49-76(70)86)63-36-12-6-30-57(63)58-31-7-13-37-64(58)83/h4-51H,1-3H3. The van der Waals surface area contributed by atoms with Crippen molar-refractivity contribution >= 4 is 51.2 Å². The molecule has 0 aromatic heterocycles. The summed E-state index contributed by atoms with van der Waals surface area (Å²) in [6, 6.07) is 111. The van der Waals surface area contributed by atoms with E-state index in [2.05, 4.69) is 327 Å². The van der Waals surface area contributed by atoms with E-state index in [4.69, 9.17) is 0 Å². The molecule has 3 nitrogen and oxygen atoms in total. The molecule has 0 saturated carbocycles. The molecule has 0 radical (unpaired) electrons. The first-order valence-electron chi connectivity index (χ1n) is 30.7. The molecule has 19 rings (SSSR count). The van der Waals surface area contributed by atoms with Crippen molar-refractivity contribution in [3.63, 3.8) is 0 Å². The van der Waals surface area contributed by atoms with E-state index in [-0.39, 0.29) is 0 Å². The van der Waals surface area contributed by atoms with Gasteiger partial charge in [-0.25, -0.2) is 0 Å². The molecule has 6 aliphatic rings. The maximum atomic E-state index is 2.66. The van der Waals surface area contributed by atoms with Gasteiger partial charge in [0.1, 0.15) is 0 Å². The lowest BCUT2D eigenvalue weighted by Crippen LogP contribution is -2.38. The van der Waals surface area contributed by atoms with Crippen LogP contribution in [0.1, 0.15) is 83.5 Å². The van der Waals surface area contributed by atoms with Crippen molar-refractivity contribution < 1.29 is 0 Å². The van der Waals surface area contributed by atoms with Crippen LogP contribution in [0, 0.1) is 20.8 Å². The molecule has 3 heteroatoms. The highest BCUT2D eigenvalue weighted by Crippen LogP contribution is 2.70. The smallest absolute Gasteiger partial charge is 0.0754 e. The molecule has 87 heavy (non-hydrogen) atoms. The Labute approximate surface area is 508 Å². The van der Waals surface area contributed by atoms with Gasteiger partial charge in [-0.15, -0.1) is 0 Å². The van der Waals surface area contributed by atoms with Gasteiger partial charge < -0.3 is 14.7 Å². The van der Waals surface area contributed by atoms with Crippen LogP contribution in [0.2, 0.25) is 0 Å². The van der Waals surface area contributed by atoms with Crippen molar-refractivity contribution in [2.24, 2.45) is 0 Å². The second-order valence-electron chi connectivity index (χ2n) is 24.6. The van der Waals surface area contributed by atoms with Crippen LogP contribution >= 0.6 is 0 Å². The quantitative estimate of drug-likeness (QED) is 0.175. The maximum absolute atomic E-state index is 2.66. The first kappa shape index (κ1) is 48.6. The third-order valence-corrected chi connectivity index (χ3v) is 21.0. The van der Waals surface area contributed by atoms with Crippen LogP contribution in [0.4, 0.5) is 51.2 Å². The van der Waals surface area contributed by atoms with Gasteiger partial charge in [0, 0.05) is 0 Å². The van der Waals surface area contributed by atoms with Crippen molar-refractivity contribution in [3.8, 4) is 33.4 Å². The van der Waals surface area contributed by atoms with Crippen LogP contribution in [0.3, 0.4) is 0 Å². The summed E-state index contributed by atoms with van der Waals surface area (Å²) in [7, 11) is 0. The van der Waals surface area contributed by atoms with Crippen LogP contribution in [-0.2, 0) is 16.2 Å². The van der Waals surface area contributed by atoms with E-state index in [9.17, 15) is 0 Å². The maximum Gasteiger partial charge on any atom is 0.0754 e. The number of hydrogen-bond acceptors (Lipinski definition) is 3. The van der Waals surface area contributed by atoms with Gasteiger partial charge in [0.2, 0.25) is 0 Å². The number of benzene rings is 13. The fourth-order valence-corrected chi connectivity index (χ4v) is 18.1. The molecule has 0 atom stereocenters. The first-order valence-corrected chi connectivity index (χ1v) is 30.7. The second kappa shape index (κ2) is 17.4. The lowest BCUT2D eigenvalue weighted by molar-refractivity contribution is 0.749. The summed E-state index contributed by atoms with van der Waals surface area (Å²) in [6.45, 7) is 7.25. The van der Waals surface area contributed by atoms with Crippen molar-refractivity contribution in [3.05, 3.63) is 375 Å². The van der Waals surface area contributed by atoms with Gasteiger partial charge in [-0.2, -0.15) is 0 Å². The van der Waals surface area contributed by atoms with Gasteiger partial charge in [-0.1, -0.05) is 255 Å². The molecule has 0 bridgehead atoms. The molecule has 0 amide bonds. The van der Waals surface area contributed by atoms with Gasteiger partial charge in [0.15, 0.2) is 0 Å². The van der Waals surface area contributed by atoms with Crippen LogP contribution in [-0.4, -0.2) is 0 Å². The first-order chi connectivity index (χ1) is 43.0. The molecule has 0 saturated heterocycles. The average molecular weight is 1110 g/mol. The van der Waals surface area contributed by atoms with E-state index in [0.717, 1.165) is 0 Å². The normalized spacial score (nSPS) is 15.3. The molecule has 3 aliphatic heterocycles. The highest BCUT2D eigenvalue weighted by Gasteiger charge is 2.56. The topological polar surface area (TPSA) is 9.72 Å². The Hall–Kier alpha value is -10.7. The molecule has 0 unspecified atom stereocenters. The van der Waals surface area contributed by atoms with Crippen LogP contribution < -0.4 is 14.7 Å². The highest BCUT2D eigenvalue weighted by atomic mass is 15.2. The highest BCUT2D eigenvalue weighted by molar-refractivity contribution is 6.06. The number of anilines is 9. The molecular weight excluding hydrogens is 1050 g/mol. The Morgan fingerprint density at radius 2 is 0.310 bits per heavy atom. The molecule has 3 aliphatic carbocycles. The van der Waals surface area contributed by atoms with Gasteiger partial charge in [-0.3, -0.25) is 0 Å². The fourth-order valence-electron chi connectivity index (χ4n) is 18.1. The minimum absolute atomic E-state index is 0.574. The Bertz CT molecular complexity index is 4340. The lowest BCUT2D eigenvalue weighted by Gasteiger charge is -2.49. The van der Waals surface area contributed by atoms with E-state index in [1.165, 1.54) is 168 Å². The number of rotatable bonds is 3. The summed E-state index contributed by atoms with van der Waals surface area (Å²) >= 11 is 0. The van der Waals surface area contributed by atoms with E-state index in [0.29, 0.717) is 0 Å². The van der Waals surface area contributed by atoms with Gasteiger partial charge in [-0.05, 0) is 174 Å². The zero-order valence-electron chi connectivity index (χ0n) is 48.6. The second-order valence-corrected chi connectivity index (χ2v) is 24.6.